The van der Waals surface area contributed by atoms with Crippen LogP contribution in [0.2, 0.25) is 0 Å². The molecular formula is C27H26O5. The van der Waals surface area contributed by atoms with Crippen molar-refractivity contribution in [2.45, 2.75) is 19.3 Å². The van der Waals surface area contributed by atoms with Gasteiger partial charge in [0.15, 0.2) is 0 Å². The molecule has 1 aliphatic carbocycles. The van der Waals surface area contributed by atoms with E-state index in [1.54, 1.807) is 21.3 Å². The third-order valence-electron chi connectivity index (χ3n) is 5.72. The van der Waals surface area contributed by atoms with Crippen molar-refractivity contribution in [3.8, 4) is 34.1 Å². The smallest absolute Gasteiger partial charge is 0.308 e. The lowest BCUT2D eigenvalue weighted by Gasteiger charge is -2.26. The number of carbonyl (C=O) groups is 1. The maximum Gasteiger partial charge on any atom is 0.308 e. The molecule has 0 aliphatic heterocycles. The molecule has 0 spiro atoms. The maximum absolute atomic E-state index is 11.9. The Kier molecular flexibility index (Phi) is 6.17. The third-order valence-corrected chi connectivity index (χ3v) is 5.72. The van der Waals surface area contributed by atoms with Crippen LogP contribution in [0.3, 0.4) is 0 Å². The van der Waals surface area contributed by atoms with E-state index in [9.17, 15) is 4.79 Å². The fourth-order valence-electron chi connectivity index (χ4n) is 4.22. The Morgan fingerprint density at radius 3 is 2.22 bits per heavy atom. The molecule has 0 N–H and O–H groups in total. The van der Waals surface area contributed by atoms with Crippen LogP contribution in [0.5, 0.6) is 23.0 Å². The van der Waals surface area contributed by atoms with Crippen LogP contribution in [0.25, 0.3) is 17.2 Å². The Morgan fingerprint density at radius 2 is 1.56 bits per heavy atom. The molecular weight excluding hydrogens is 404 g/mol. The van der Waals surface area contributed by atoms with Crippen molar-refractivity contribution in [3.05, 3.63) is 77.4 Å². The molecule has 0 saturated heterocycles. The topological polar surface area (TPSA) is 54.0 Å². The van der Waals surface area contributed by atoms with Crippen LogP contribution in [0.15, 0.2) is 60.7 Å². The van der Waals surface area contributed by atoms with E-state index in [0.717, 1.165) is 28.9 Å². The standard InChI is InChI=1S/C27H26O5/c1-17(28)32-25-15-14-22-21(18-8-10-19(29-2)11-9-18)6-5-7-23(22)27(25)24-13-12-20(30-3)16-26(24)31-4/h5,7-16,21H,6H2,1-4H3. The Balaban J connectivity index is 1.91. The van der Waals surface area contributed by atoms with Crippen LogP contribution in [-0.2, 0) is 4.79 Å². The molecule has 1 unspecified atom stereocenters. The lowest BCUT2D eigenvalue weighted by atomic mass is 9.79. The SMILES string of the molecule is COc1ccc(C2CC=Cc3c2ccc(OC(C)=O)c3-c2ccc(OC)cc2OC)cc1. The zero-order valence-corrected chi connectivity index (χ0v) is 18.7. The molecule has 1 atom stereocenters. The summed E-state index contributed by atoms with van der Waals surface area (Å²) in [6, 6.07) is 17.7. The Labute approximate surface area is 188 Å². The van der Waals surface area contributed by atoms with Gasteiger partial charge in [0.25, 0.3) is 0 Å². The normalized spacial score (nSPS) is 14.4. The zero-order valence-electron chi connectivity index (χ0n) is 18.7. The fourth-order valence-corrected chi connectivity index (χ4v) is 4.22. The van der Waals surface area contributed by atoms with E-state index >= 15 is 0 Å². The highest BCUT2D eigenvalue weighted by molar-refractivity contribution is 5.88. The van der Waals surface area contributed by atoms with E-state index in [1.807, 2.05) is 42.5 Å². The molecule has 0 amide bonds. The van der Waals surface area contributed by atoms with Crippen LogP contribution >= 0.6 is 0 Å². The van der Waals surface area contributed by atoms with Crippen molar-refractivity contribution in [1.29, 1.82) is 0 Å². The number of esters is 1. The highest BCUT2D eigenvalue weighted by Crippen LogP contribution is 2.47. The molecule has 1 aliphatic rings. The average molecular weight is 431 g/mol. The molecule has 4 rings (SSSR count). The summed E-state index contributed by atoms with van der Waals surface area (Å²) in [7, 11) is 4.90. The van der Waals surface area contributed by atoms with Gasteiger partial charge in [-0.3, -0.25) is 4.79 Å². The Bertz CT molecular complexity index is 1160. The zero-order chi connectivity index (χ0) is 22.7. The van der Waals surface area contributed by atoms with Gasteiger partial charge in [-0.25, -0.2) is 0 Å². The van der Waals surface area contributed by atoms with Gasteiger partial charge in [0.1, 0.15) is 23.0 Å². The first-order chi connectivity index (χ1) is 15.5. The molecule has 3 aromatic rings. The molecule has 0 saturated carbocycles. The summed E-state index contributed by atoms with van der Waals surface area (Å²) < 4.78 is 22.0. The van der Waals surface area contributed by atoms with Gasteiger partial charge in [0, 0.05) is 30.0 Å². The number of hydrogen-bond acceptors (Lipinski definition) is 5. The largest absolute Gasteiger partial charge is 0.497 e. The van der Waals surface area contributed by atoms with Crippen LogP contribution in [0.1, 0.15) is 36.0 Å². The number of benzene rings is 3. The number of ether oxygens (including phenoxy) is 4. The van der Waals surface area contributed by atoms with Crippen LogP contribution in [0.4, 0.5) is 0 Å². The van der Waals surface area contributed by atoms with Gasteiger partial charge in [-0.1, -0.05) is 30.4 Å². The highest BCUT2D eigenvalue weighted by Gasteiger charge is 2.26. The predicted molar refractivity (Wildman–Crippen MR) is 125 cm³/mol. The summed E-state index contributed by atoms with van der Waals surface area (Å²) in [5, 5.41) is 0. The van der Waals surface area contributed by atoms with E-state index in [-0.39, 0.29) is 11.9 Å². The molecule has 32 heavy (non-hydrogen) atoms. The number of fused-ring (bicyclic) bond motifs is 1. The maximum atomic E-state index is 11.9. The van der Waals surface area contributed by atoms with E-state index < -0.39 is 0 Å². The van der Waals surface area contributed by atoms with Crippen molar-refractivity contribution < 1.29 is 23.7 Å². The molecule has 5 nitrogen and oxygen atoms in total. The molecule has 164 valence electrons. The number of rotatable bonds is 6. The number of methoxy groups -OCH3 is 3. The summed E-state index contributed by atoms with van der Waals surface area (Å²) in [4.78, 5) is 11.9. The van der Waals surface area contributed by atoms with Gasteiger partial charge in [0.05, 0.1) is 21.3 Å². The quantitative estimate of drug-likeness (QED) is 0.362. The first-order valence-corrected chi connectivity index (χ1v) is 10.4. The Hall–Kier alpha value is -3.73. The first kappa shape index (κ1) is 21.5. The minimum Gasteiger partial charge on any atom is -0.497 e. The van der Waals surface area contributed by atoms with Crippen molar-refractivity contribution in [3.63, 3.8) is 0 Å². The van der Waals surface area contributed by atoms with E-state index in [2.05, 4.69) is 24.3 Å². The van der Waals surface area contributed by atoms with Crippen molar-refractivity contribution in [1.82, 2.24) is 0 Å². The molecule has 0 aromatic heterocycles. The van der Waals surface area contributed by atoms with Crippen LogP contribution in [-0.4, -0.2) is 27.3 Å². The van der Waals surface area contributed by atoms with Gasteiger partial charge in [-0.2, -0.15) is 0 Å². The molecule has 0 radical (unpaired) electrons. The number of hydrogen-bond donors (Lipinski definition) is 0. The first-order valence-electron chi connectivity index (χ1n) is 10.4. The third kappa shape index (κ3) is 4.06. The fraction of sp³-hybridized carbons (Fsp3) is 0.222. The van der Waals surface area contributed by atoms with E-state index in [4.69, 9.17) is 18.9 Å². The molecule has 3 aromatic carbocycles. The van der Waals surface area contributed by atoms with Gasteiger partial charge in [-0.15, -0.1) is 0 Å². The van der Waals surface area contributed by atoms with Crippen molar-refractivity contribution >= 4 is 12.0 Å². The van der Waals surface area contributed by atoms with Gasteiger partial charge >= 0.3 is 5.97 Å². The summed E-state index contributed by atoms with van der Waals surface area (Å²) in [6.45, 7) is 1.41. The summed E-state index contributed by atoms with van der Waals surface area (Å²) in [5.74, 6) is 2.47. The Morgan fingerprint density at radius 1 is 0.844 bits per heavy atom. The molecule has 5 heteroatoms. The minimum atomic E-state index is -0.370. The second-order valence-electron chi connectivity index (χ2n) is 7.57. The molecule has 0 bridgehead atoms. The van der Waals surface area contributed by atoms with Gasteiger partial charge < -0.3 is 18.9 Å². The number of carbonyl (C=O) groups excluding carboxylic acids is 1. The monoisotopic (exact) mass is 430 g/mol. The van der Waals surface area contributed by atoms with Crippen LogP contribution < -0.4 is 18.9 Å². The molecule has 0 heterocycles. The second kappa shape index (κ2) is 9.18. The average Bonchev–Trinajstić information content (AvgIpc) is 2.83. The predicted octanol–water partition coefficient (Wildman–Crippen LogP) is 5.85. The van der Waals surface area contributed by atoms with Crippen molar-refractivity contribution in [2.24, 2.45) is 0 Å². The summed E-state index contributed by atoms with van der Waals surface area (Å²) >= 11 is 0. The van der Waals surface area contributed by atoms with Crippen molar-refractivity contribution in [2.75, 3.05) is 21.3 Å². The van der Waals surface area contributed by atoms with Gasteiger partial charge in [-0.05, 0) is 53.4 Å². The lowest BCUT2D eigenvalue weighted by molar-refractivity contribution is -0.131. The lowest BCUT2D eigenvalue weighted by Crippen LogP contribution is -2.10. The highest BCUT2D eigenvalue weighted by atomic mass is 16.5. The van der Waals surface area contributed by atoms with E-state index in [1.165, 1.54) is 18.1 Å². The molecule has 0 fully saturated rings. The van der Waals surface area contributed by atoms with Crippen LogP contribution in [0, 0.1) is 0 Å². The van der Waals surface area contributed by atoms with E-state index in [0.29, 0.717) is 17.2 Å². The minimum absolute atomic E-state index is 0.176. The summed E-state index contributed by atoms with van der Waals surface area (Å²) in [5.41, 5.74) is 5.04. The summed E-state index contributed by atoms with van der Waals surface area (Å²) in [6.07, 6.45) is 5.14. The van der Waals surface area contributed by atoms with Gasteiger partial charge in [0.2, 0.25) is 0 Å². The second-order valence-corrected chi connectivity index (χ2v) is 7.57. The number of allylic oxidation sites excluding steroid dienone is 1.